The molecule has 0 spiro atoms. The minimum absolute atomic E-state index is 0.200. The van der Waals surface area contributed by atoms with Crippen molar-refractivity contribution < 1.29 is 13.9 Å². The van der Waals surface area contributed by atoms with Gasteiger partial charge in [0.1, 0.15) is 5.60 Å². The maximum Gasteiger partial charge on any atom is 0.256 e. The summed E-state index contributed by atoms with van der Waals surface area (Å²) in [5.41, 5.74) is 1.56. The molecule has 6 nitrogen and oxygen atoms in total. The lowest BCUT2D eigenvalue weighted by Gasteiger charge is -2.22. The van der Waals surface area contributed by atoms with Crippen molar-refractivity contribution in [3.63, 3.8) is 0 Å². The van der Waals surface area contributed by atoms with E-state index in [2.05, 4.69) is 15.5 Å². The molecule has 1 aromatic heterocycles. The third kappa shape index (κ3) is 2.85. The predicted molar refractivity (Wildman–Crippen MR) is 74.2 cm³/mol. The minimum Gasteiger partial charge on any atom is -0.423 e. The van der Waals surface area contributed by atoms with E-state index < -0.39 is 5.60 Å². The third-order valence-electron chi connectivity index (χ3n) is 3.14. The van der Waals surface area contributed by atoms with Crippen LogP contribution in [0, 0.1) is 6.92 Å². The molecule has 6 heteroatoms. The SMILES string of the molecule is COC(C)(C)C(=O)Nc1ccc(-c2nnco2)cc1C. The van der Waals surface area contributed by atoms with E-state index in [1.807, 2.05) is 19.1 Å². The molecule has 0 bridgehead atoms. The van der Waals surface area contributed by atoms with E-state index in [9.17, 15) is 4.79 Å². The summed E-state index contributed by atoms with van der Waals surface area (Å²) in [6.07, 6.45) is 1.28. The van der Waals surface area contributed by atoms with Crippen LogP contribution in [0.1, 0.15) is 19.4 Å². The number of nitrogens with zero attached hydrogens (tertiary/aromatic N) is 2. The molecule has 1 heterocycles. The third-order valence-corrected chi connectivity index (χ3v) is 3.14. The average Bonchev–Trinajstić information content (AvgIpc) is 2.94. The fourth-order valence-corrected chi connectivity index (χ4v) is 1.60. The van der Waals surface area contributed by atoms with Gasteiger partial charge in [0.2, 0.25) is 12.3 Å². The Morgan fingerprint density at radius 2 is 2.15 bits per heavy atom. The highest BCUT2D eigenvalue weighted by molar-refractivity contribution is 5.97. The number of ether oxygens (including phenoxy) is 1. The molecule has 0 fully saturated rings. The van der Waals surface area contributed by atoms with Gasteiger partial charge < -0.3 is 14.5 Å². The number of nitrogens with one attached hydrogen (secondary N) is 1. The standard InChI is InChI=1S/C14H17N3O3/c1-9-7-10(12-17-15-8-20-12)5-6-11(9)16-13(18)14(2,3)19-4/h5-8H,1-4H3,(H,16,18). The largest absolute Gasteiger partial charge is 0.423 e. The summed E-state index contributed by atoms with van der Waals surface area (Å²) in [5, 5.41) is 10.3. The summed E-state index contributed by atoms with van der Waals surface area (Å²) >= 11 is 0. The maximum atomic E-state index is 12.1. The Bertz CT molecular complexity index is 606. The maximum absolute atomic E-state index is 12.1. The van der Waals surface area contributed by atoms with Crippen molar-refractivity contribution in [1.82, 2.24) is 10.2 Å². The number of methoxy groups -OCH3 is 1. The topological polar surface area (TPSA) is 77.2 Å². The van der Waals surface area contributed by atoms with E-state index in [0.29, 0.717) is 5.89 Å². The Morgan fingerprint density at radius 3 is 2.70 bits per heavy atom. The summed E-state index contributed by atoms with van der Waals surface area (Å²) < 4.78 is 10.3. The lowest BCUT2D eigenvalue weighted by molar-refractivity contribution is -0.133. The first kappa shape index (κ1) is 14.2. The molecule has 1 amide bonds. The summed E-state index contributed by atoms with van der Waals surface area (Å²) in [4.78, 5) is 12.1. The van der Waals surface area contributed by atoms with Crippen molar-refractivity contribution >= 4 is 11.6 Å². The number of aryl methyl sites for hydroxylation is 1. The molecule has 1 N–H and O–H groups in total. The first-order valence-electron chi connectivity index (χ1n) is 6.18. The molecule has 2 aromatic rings. The van der Waals surface area contributed by atoms with Gasteiger partial charge in [0.05, 0.1) is 0 Å². The highest BCUT2D eigenvalue weighted by Crippen LogP contribution is 2.24. The van der Waals surface area contributed by atoms with E-state index in [-0.39, 0.29) is 5.91 Å². The normalized spacial score (nSPS) is 11.4. The van der Waals surface area contributed by atoms with Crippen LogP contribution in [0.15, 0.2) is 29.0 Å². The van der Waals surface area contributed by atoms with E-state index in [4.69, 9.17) is 9.15 Å². The number of benzene rings is 1. The van der Waals surface area contributed by atoms with E-state index in [1.165, 1.54) is 13.5 Å². The van der Waals surface area contributed by atoms with Crippen molar-refractivity contribution in [2.75, 3.05) is 12.4 Å². The summed E-state index contributed by atoms with van der Waals surface area (Å²) in [6, 6.07) is 5.50. The molecule has 0 saturated carbocycles. The summed E-state index contributed by atoms with van der Waals surface area (Å²) in [7, 11) is 1.51. The average molecular weight is 275 g/mol. The van der Waals surface area contributed by atoms with Crippen LogP contribution < -0.4 is 5.32 Å². The molecule has 0 aliphatic carbocycles. The van der Waals surface area contributed by atoms with Gasteiger partial charge in [-0.2, -0.15) is 0 Å². The molecule has 0 unspecified atom stereocenters. The van der Waals surface area contributed by atoms with Crippen LogP contribution in [0.2, 0.25) is 0 Å². The van der Waals surface area contributed by atoms with Gasteiger partial charge >= 0.3 is 0 Å². The van der Waals surface area contributed by atoms with E-state index in [0.717, 1.165) is 16.8 Å². The van der Waals surface area contributed by atoms with Crippen molar-refractivity contribution in [2.24, 2.45) is 0 Å². The van der Waals surface area contributed by atoms with Crippen molar-refractivity contribution in [2.45, 2.75) is 26.4 Å². The second-order valence-electron chi connectivity index (χ2n) is 4.94. The zero-order chi connectivity index (χ0) is 14.8. The van der Waals surface area contributed by atoms with E-state index in [1.54, 1.807) is 19.9 Å². The quantitative estimate of drug-likeness (QED) is 0.927. The minimum atomic E-state index is -0.877. The molecule has 0 radical (unpaired) electrons. The number of aromatic nitrogens is 2. The number of anilines is 1. The molecule has 106 valence electrons. The fourth-order valence-electron chi connectivity index (χ4n) is 1.60. The van der Waals surface area contributed by atoms with Gasteiger partial charge in [0, 0.05) is 18.4 Å². The Balaban J connectivity index is 2.21. The van der Waals surface area contributed by atoms with E-state index >= 15 is 0 Å². The van der Waals surface area contributed by atoms with Crippen molar-refractivity contribution in [1.29, 1.82) is 0 Å². The summed E-state index contributed by atoms with van der Waals surface area (Å²) in [6.45, 7) is 5.32. The summed E-state index contributed by atoms with van der Waals surface area (Å²) in [5.74, 6) is 0.247. The van der Waals surface area contributed by atoms with Gasteiger partial charge in [0.25, 0.3) is 5.91 Å². The Morgan fingerprint density at radius 1 is 1.40 bits per heavy atom. The Labute approximate surface area is 117 Å². The molecule has 0 aliphatic heterocycles. The molecule has 0 saturated heterocycles. The van der Waals surface area contributed by atoms with Gasteiger partial charge in [0.15, 0.2) is 0 Å². The number of amides is 1. The lowest BCUT2D eigenvalue weighted by Crippen LogP contribution is -2.38. The van der Waals surface area contributed by atoms with Crippen LogP contribution in [0.4, 0.5) is 5.69 Å². The zero-order valence-corrected chi connectivity index (χ0v) is 11.9. The zero-order valence-electron chi connectivity index (χ0n) is 11.9. The van der Waals surface area contributed by atoms with Gasteiger partial charge in [-0.05, 0) is 44.5 Å². The number of hydrogen-bond donors (Lipinski definition) is 1. The highest BCUT2D eigenvalue weighted by atomic mass is 16.5. The van der Waals surface area contributed by atoms with Gasteiger partial charge in [-0.25, -0.2) is 0 Å². The Hall–Kier alpha value is -2.21. The molecular weight excluding hydrogens is 258 g/mol. The number of carbonyl (C=O) groups excluding carboxylic acids is 1. The van der Waals surface area contributed by atoms with Crippen LogP contribution in [0.3, 0.4) is 0 Å². The smallest absolute Gasteiger partial charge is 0.256 e. The second kappa shape index (κ2) is 5.42. The van der Waals surface area contributed by atoms with Gasteiger partial charge in [-0.1, -0.05) is 0 Å². The molecular formula is C14H17N3O3. The van der Waals surface area contributed by atoms with Crippen LogP contribution in [0.25, 0.3) is 11.5 Å². The second-order valence-corrected chi connectivity index (χ2v) is 4.94. The molecule has 0 atom stereocenters. The fraction of sp³-hybridized carbons (Fsp3) is 0.357. The molecule has 20 heavy (non-hydrogen) atoms. The van der Waals surface area contributed by atoms with Crippen molar-refractivity contribution in [3.05, 3.63) is 30.2 Å². The number of carbonyl (C=O) groups is 1. The predicted octanol–water partition coefficient (Wildman–Crippen LogP) is 2.41. The van der Waals surface area contributed by atoms with Crippen molar-refractivity contribution in [3.8, 4) is 11.5 Å². The first-order valence-corrected chi connectivity index (χ1v) is 6.18. The van der Waals surface area contributed by atoms with Crippen LogP contribution in [-0.2, 0) is 9.53 Å². The van der Waals surface area contributed by atoms with Crippen LogP contribution in [0.5, 0.6) is 0 Å². The molecule has 1 aromatic carbocycles. The number of hydrogen-bond acceptors (Lipinski definition) is 5. The number of rotatable bonds is 4. The van der Waals surface area contributed by atoms with Crippen LogP contribution in [-0.4, -0.2) is 28.8 Å². The van der Waals surface area contributed by atoms with Crippen LogP contribution >= 0.6 is 0 Å². The highest BCUT2D eigenvalue weighted by Gasteiger charge is 2.27. The first-order chi connectivity index (χ1) is 9.44. The monoisotopic (exact) mass is 275 g/mol. The van der Waals surface area contributed by atoms with Gasteiger partial charge in [-0.3, -0.25) is 4.79 Å². The Kier molecular flexibility index (Phi) is 3.85. The lowest BCUT2D eigenvalue weighted by atomic mass is 10.1. The molecule has 0 aliphatic rings. The molecule has 2 rings (SSSR count). The van der Waals surface area contributed by atoms with Gasteiger partial charge in [-0.15, -0.1) is 10.2 Å².